The number of rotatable bonds is 1. The number of aromatic amines is 1. The Morgan fingerprint density at radius 2 is 1.86 bits per heavy atom. The lowest BCUT2D eigenvalue weighted by molar-refractivity contribution is 0.101. The van der Waals surface area contributed by atoms with Crippen molar-refractivity contribution in [2.45, 2.75) is 45.1 Å². The second-order valence-electron chi connectivity index (χ2n) is 6.90. The Morgan fingerprint density at radius 1 is 1.19 bits per heavy atom. The predicted octanol–water partition coefficient (Wildman–Crippen LogP) is 2.90. The van der Waals surface area contributed by atoms with E-state index < -0.39 is 0 Å². The first-order valence-electron chi connectivity index (χ1n) is 7.69. The molecular formula is C17H23N3O. The van der Waals surface area contributed by atoms with Gasteiger partial charge in [-0.3, -0.25) is 9.69 Å². The molecule has 4 heteroatoms. The van der Waals surface area contributed by atoms with Crippen LogP contribution in [0, 0.1) is 0 Å². The summed E-state index contributed by atoms with van der Waals surface area (Å²) in [5, 5.41) is 0. The molecule has 1 N–H and O–H groups in total. The third kappa shape index (κ3) is 2.86. The predicted molar refractivity (Wildman–Crippen MR) is 85.7 cm³/mol. The minimum Gasteiger partial charge on any atom is -0.319 e. The molecule has 0 spiro atoms. The van der Waals surface area contributed by atoms with Gasteiger partial charge in [0.1, 0.15) is 5.69 Å². The molecule has 0 bridgehead atoms. The lowest BCUT2D eigenvalue weighted by atomic mass is 9.90. The van der Waals surface area contributed by atoms with E-state index in [2.05, 4.69) is 35.6 Å². The van der Waals surface area contributed by atoms with Crippen LogP contribution in [-0.2, 0) is 0 Å². The number of nitrogens with zero attached hydrogens (tertiary/aromatic N) is 2. The first-order valence-corrected chi connectivity index (χ1v) is 7.69. The van der Waals surface area contributed by atoms with Crippen LogP contribution in [0.5, 0.6) is 0 Å². The fraction of sp³-hybridized carbons (Fsp3) is 0.529. The molecule has 21 heavy (non-hydrogen) atoms. The fourth-order valence-corrected chi connectivity index (χ4v) is 3.14. The number of hydrogen-bond acceptors (Lipinski definition) is 3. The molecule has 1 aliphatic rings. The molecule has 1 aliphatic heterocycles. The molecule has 0 aliphatic carbocycles. The standard InChI is InChI=1S/C17H23N3O/c1-17(2,3)20-10-8-12(9-11-20)15-16(21)19-14-7-5-4-6-13(14)18-15/h4-7,12H,8-11H2,1-3H3,(H,19,21). The van der Waals surface area contributed by atoms with Crippen LogP contribution >= 0.6 is 0 Å². The molecule has 0 unspecified atom stereocenters. The van der Waals surface area contributed by atoms with Crippen LogP contribution in [0.4, 0.5) is 0 Å². The van der Waals surface area contributed by atoms with Gasteiger partial charge >= 0.3 is 0 Å². The van der Waals surface area contributed by atoms with Gasteiger partial charge in [0.2, 0.25) is 0 Å². The van der Waals surface area contributed by atoms with Gasteiger partial charge in [-0.1, -0.05) is 12.1 Å². The molecule has 4 nitrogen and oxygen atoms in total. The summed E-state index contributed by atoms with van der Waals surface area (Å²) >= 11 is 0. The molecule has 1 fully saturated rings. The molecule has 0 atom stereocenters. The summed E-state index contributed by atoms with van der Waals surface area (Å²) < 4.78 is 0. The molecule has 1 aromatic heterocycles. The zero-order valence-corrected chi connectivity index (χ0v) is 13.0. The molecule has 3 rings (SSSR count). The molecule has 0 amide bonds. The Labute approximate surface area is 125 Å². The van der Waals surface area contributed by atoms with Gasteiger partial charge in [-0.2, -0.15) is 0 Å². The van der Waals surface area contributed by atoms with E-state index in [4.69, 9.17) is 0 Å². The second-order valence-corrected chi connectivity index (χ2v) is 6.90. The van der Waals surface area contributed by atoms with Crippen LogP contribution in [0.1, 0.15) is 45.2 Å². The van der Waals surface area contributed by atoms with Gasteiger partial charge in [-0.25, -0.2) is 4.98 Å². The lowest BCUT2D eigenvalue weighted by Gasteiger charge is -2.40. The highest BCUT2D eigenvalue weighted by Crippen LogP contribution is 2.29. The van der Waals surface area contributed by atoms with E-state index in [-0.39, 0.29) is 17.0 Å². The minimum absolute atomic E-state index is 0.0251. The summed E-state index contributed by atoms with van der Waals surface area (Å²) in [6.45, 7) is 8.79. The van der Waals surface area contributed by atoms with Crippen molar-refractivity contribution in [2.75, 3.05) is 13.1 Å². The maximum absolute atomic E-state index is 12.3. The van der Waals surface area contributed by atoms with E-state index in [1.54, 1.807) is 0 Å². The Kier molecular flexibility index (Phi) is 3.57. The molecule has 2 aromatic rings. The lowest BCUT2D eigenvalue weighted by Crippen LogP contribution is -2.46. The Morgan fingerprint density at radius 3 is 2.52 bits per heavy atom. The number of para-hydroxylation sites is 2. The minimum atomic E-state index is -0.0251. The van der Waals surface area contributed by atoms with Gasteiger partial charge in [-0.05, 0) is 58.8 Å². The topological polar surface area (TPSA) is 49.0 Å². The maximum Gasteiger partial charge on any atom is 0.270 e. The molecule has 2 heterocycles. The Bertz CT molecular complexity index is 691. The monoisotopic (exact) mass is 285 g/mol. The summed E-state index contributed by atoms with van der Waals surface area (Å²) in [5.41, 5.74) is 2.59. The number of likely N-dealkylation sites (tertiary alicyclic amines) is 1. The number of piperidine rings is 1. The SMILES string of the molecule is CC(C)(C)N1CCC(c2nc3ccccc3[nH]c2=O)CC1. The van der Waals surface area contributed by atoms with Crippen LogP contribution in [0.25, 0.3) is 11.0 Å². The highest BCUT2D eigenvalue weighted by atomic mass is 16.1. The zero-order valence-electron chi connectivity index (χ0n) is 13.0. The maximum atomic E-state index is 12.3. The number of benzene rings is 1. The number of fused-ring (bicyclic) bond motifs is 1. The van der Waals surface area contributed by atoms with Crippen LogP contribution in [-0.4, -0.2) is 33.5 Å². The van der Waals surface area contributed by atoms with Gasteiger partial charge in [0, 0.05) is 11.5 Å². The van der Waals surface area contributed by atoms with Gasteiger partial charge in [-0.15, -0.1) is 0 Å². The molecular weight excluding hydrogens is 262 g/mol. The molecule has 0 saturated carbocycles. The third-order valence-corrected chi connectivity index (χ3v) is 4.46. The fourth-order valence-electron chi connectivity index (χ4n) is 3.14. The summed E-state index contributed by atoms with van der Waals surface area (Å²) in [5.74, 6) is 0.275. The molecule has 0 radical (unpaired) electrons. The smallest absolute Gasteiger partial charge is 0.270 e. The van der Waals surface area contributed by atoms with Gasteiger partial charge in [0.25, 0.3) is 5.56 Å². The third-order valence-electron chi connectivity index (χ3n) is 4.46. The highest BCUT2D eigenvalue weighted by Gasteiger charge is 2.29. The van der Waals surface area contributed by atoms with Crippen molar-refractivity contribution in [3.8, 4) is 0 Å². The summed E-state index contributed by atoms with van der Waals surface area (Å²) in [6.07, 6.45) is 2.01. The summed E-state index contributed by atoms with van der Waals surface area (Å²) in [4.78, 5) is 22.4. The van der Waals surface area contributed by atoms with Crippen LogP contribution in [0.2, 0.25) is 0 Å². The van der Waals surface area contributed by atoms with E-state index in [0.29, 0.717) is 5.69 Å². The Hall–Kier alpha value is -1.68. The highest BCUT2D eigenvalue weighted by molar-refractivity contribution is 5.73. The quantitative estimate of drug-likeness (QED) is 0.876. The van der Waals surface area contributed by atoms with Crippen molar-refractivity contribution in [3.05, 3.63) is 40.3 Å². The number of H-pyrrole nitrogens is 1. The van der Waals surface area contributed by atoms with Crippen LogP contribution in [0.3, 0.4) is 0 Å². The van der Waals surface area contributed by atoms with Crippen molar-refractivity contribution < 1.29 is 0 Å². The van der Waals surface area contributed by atoms with Crippen molar-refractivity contribution in [1.29, 1.82) is 0 Å². The number of aromatic nitrogens is 2. The number of hydrogen-bond donors (Lipinski definition) is 1. The van der Waals surface area contributed by atoms with E-state index in [0.717, 1.165) is 37.0 Å². The average molecular weight is 285 g/mol. The van der Waals surface area contributed by atoms with E-state index >= 15 is 0 Å². The molecule has 1 aromatic carbocycles. The first kappa shape index (κ1) is 14.3. The Balaban J connectivity index is 1.85. The first-order chi connectivity index (χ1) is 9.95. The molecule has 112 valence electrons. The number of nitrogens with one attached hydrogen (secondary N) is 1. The van der Waals surface area contributed by atoms with Crippen molar-refractivity contribution >= 4 is 11.0 Å². The van der Waals surface area contributed by atoms with Crippen LogP contribution < -0.4 is 5.56 Å². The van der Waals surface area contributed by atoms with Crippen molar-refractivity contribution in [1.82, 2.24) is 14.9 Å². The molecule has 1 saturated heterocycles. The largest absolute Gasteiger partial charge is 0.319 e. The zero-order chi connectivity index (χ0) is 15.0. The van der Waals surface area contributed by atoms with Gasteiger partial charge in [0.05, 0.1) is 11.0 Å². The van der Waals surface area contributed by atoms with E-state index in [9.17, 15) is 4.79 Å². The summed E-state index contributed by atoms with van der Waals surface area (Å²) in [7, 11) is 0. The normalized spacial score (nSPS) is 18.2. The van der Waals surface area contributed by atoms with Crippen molar-refractivity contribution in [3.63, 3.8) is 0 Å². The van der Waals surface area contributed by atoms with Gasteiger partial charge in [0.15, 0.2) is 0 Å². The summed E-state index contributed by atoms with van der Waals surface area (Å²) in [6, 6.07) is 7.73. The van der Waals surface area contributed by atoms with E-state index in [1.807, 2.05) is 24.3 Å². The average Bonchev–Trinajstić information content (AvgIpc) is 2.46. The van der Waals surface area contributed by atoms with Crippen LogP contribution in [0.15, 0.2) is 29.1 Å². The second kappa shape index (κ2) is 5.26. The van der Waals surface area contributed by atoms with Crippen molar-refractivity contribution in [2.24, 2.45) is 0 Å². The van der Waals surface area contributed by atoms with E-state index in [1.165, 1.54) is 0 Å². The van der Waals surface area contributed by atoms with Gasteiger partial charge < -0.3 is 4.98 Å².